The van der Waals surface area contributed by atoms with Gasteiger partial charge in [-0.2, -0.15) is 8.42 Å². The van der Waals surface area contributed by atoms with Crippen molar-refractivity contribution in [1.29, 1.82) is 0 Å². The van der Waals surface area contributed by atoms with E-state index in [9.17, 15) is 17.4 Å². The Hall–Kier alpha value is -0.790. The monoisotopic (exact) mass is 382 g/mol. The zero-order valence-corrected chi connectivity index (χ0v) is 15.6. The van der Waals surface area contributed by atoms with Crippen LogP contribution in [0.5, 0.6) is 0 Å². The van der Waals surface area contributed by atoms with E-state index in [2.05, 4.69) is 0 Å². The van der Waals surface area contributed by atoms with Gasteiger partial charge in [-0.1, -0.05) is 18.2 Å². The molecule has 1 aromatic carbocycles. The van der Waals surface area contributed by atoms with Crippen LogP contribution in [0.3, 0.4) is 0 Å². The van der Waals surface area contributed by atoms with E-state index in [0.717, 1.165) is 0 Å². The SMILES string of the molecule is CCOP(=O)(CC(F)CCCOS(=O)(=O)c1ccccc1)OCC. The van der Waals surface area contributed by atoms with Gasteiger partial charge in [-0.3, -0.25) is 8.75 Å². The van der Waals surface area contributed by atoms with Gasteiger partial charge in [0.25, 0.3) is 10.1 Å². The largest absolute Gasteiger partial charge is 0.333 e. The van der Waals surface area contributed by atoms with Gasteiger partial charge in [-0.05, 0) is 38.8 Å². The van der Waals surface area contributed by atoms with Crippen molar-refractivity contribution in [2.45, 2.75) is 37.8 Å². The third kappa shape index (κ3) is 7.40. The lowest BCUT2D eigenvalue weighted by atomic mass is 10.2. The summed E-state index contributed by atoms with van der Waals surface area (Å²) in [6.45, 7) is 3.50. The molecule has 0 heterocycles. The molecule has 0 radical (unpaired) electrons. The minimum absolute atomic E-state index is 0.00838. The highest BCUT2D eigenvalue weighted by atomic mass is 32.2. The Balaban J connectivity index is 2.40. The van der Waals surface area contributed by atoms with Crippen molar-refractivity contribution in [2.24, 2.45) is 0 Å². The van der Waals surface area contributed by atoms with Gasteiger partial charge in [0.1, 0.15) is 6.17 Å². The Bertz CT molecular complexity index is 612. The molecular formula is C15H24FO6PS. The summed E-state index contributed by atoms with van der Waals surface area (Å²) in [7, 11) is -7.28. The van der Waals surface area contributed by atoms with Crippen molar-refractivity contribution >= 4 is 17.7 Å². The molecule has 0 saturated heterocycles. The van der Waals surface area contributed by atoms with Crippen molar-refractivity contribution in [1.82, 2.24) is 0 Å². The topological polar surface area (TPSA) is 78.9 Å². The van der Waals surface area contributed by atoms with Crippen LogP contribution in [0.15, 0.2) is 35.2 Å². The molecule has 1 atom stereocenters. The van der Waals surface area contributed by atoms with Crippen LogP contribution in [-0.4, -0.2) is 40.6 Å². The van der Waals surface area contributed by atoms with Gasteiger partial charge in [-0.25, -0.2) is 4.39 Å². The number of alkyl halides is 1. The van der Waals surface area contributed by atoms with Crippen LogP contribution in [0.4, 0.5) is 4.39 Å². The normalized spacial score (nSPS) is 13.8. The van der Waals surface area contributed by atoms with Crippen LogP contribution in [0.2, 0.25) is 0 Å². The average molecular weight is 382 g/mol. The molecule has 0 bridgehead atoms. The summed E-state index contributed by atoms with van der Waals surface area (Å²) in [5, 5.41) is 0. The first-order valence-electron chi connectivity index (χ1n) is 7.79. The fourth-order valence-corrected chi connectivity index (χ4v) is 4.70. The Morgan fingerprint density at radius 2 is 1.71 bits per heavy atom. The highest BCUT2D eigenvalue weighted by Gasteiger charge is 2.28. The summed E-state index contributed by atoms with van der Waals surface area (Å²) in [4.78, 5) is 0.0546. The van der Waals surface area contributed by atoms with Crippen LogP contribution < -0.4 is 0 Å². The smallest absolute Gasteiger partial charge is 0.309 e. The molecular weight excluding hydrogens is 358 g/mol. The van der Waals surface area contributed by atoms with E-state index in [1.165, 1.54) is 12.1 Å². The average Bonchev–Trinajstić information content (AvgIpc) is 2.53. The molecule has 9 heteroatoms. The first kappa shape index (κ1) is 21.3. The quantitative estimate of drug-likeness (QED) is 0.311. The predicted molar refractivity (Wildman–Crippen MR) is 89.4 cm³/mol. The molecule has 0 spiro atoms. The van der Waals surface area contributed by atoms with E-state index >= 15 is 0 Å². The third-order valence-electron chi connectivity index (χ3n) is 3.01. The highest BCUT2D eigenvalue weighted by molar-refractivity contribution is 7.86. The van der Waals surface area contributed by atoms with E-state index in [0.29, 0.717) is 0 Å². The van der Waals surface area contributed by atoms with E-state index < -0.39 is 23.9 Å². The third-order valence-corrected chi connectivity index (χ3v) is 6.48. The van der Waals surface area contributed by atoms with Gasteiger partial charge in [0.2, 0.25) is 0 Å². The molecule has 6 nitrogen and oxygen atoms in total. The summed E-state index contributed by atoms with van der Waals surface area (Å²) in [5.74, 6) is 0. The molecule has 0 aliphatic rings. The van der Waals surface area contributed by atoms with E-state index in [1.54, 1.807) is 32.0 Å². The first-order chi connectivity index (χ1) is 11.3. The van der Waals surface area contributed by atoms with Gasteiger partial charge in [0, 0.05) is 0 Å². The summed E-state index contributed by atoms with van der Waals surface area (Å²) < 4.78 is 64.8. The van der Waals surface area contributed by atoms with Gasteiger partial charge >= 0.3 is 7.60 Å². The minimum atomic E-state index is -3.84. The lowest BCUT2D eigenvalue weighted by molar-refractivity contribution is 0.205. The van der Waals surface area contributed by atoms with Gasteiger partial charge in [0.15, 0.2) is 0 Å². The van der Waals surface area contributed by atoms with Crippen molar-refractivity contribution in [2.75, 3.05) is 26.0 Å². The summed E-state index contributed by atoms with van der Waals surface area (Å²) in [6, 6.07) is 7.73. The molecule has 0 saturated carbocycles. The van der Waals surface area contributed by atoms with Crippen molar-refractivity contribution in [3.05, 3.63) is 30.3 Å². The zero-order valence-electron chi connectivity index (χ0n) is 13.9. The van der Waals surface area contributed by atoms with E-state index in [4.69, 9.17) is 13.2 Å². The lowest BCUT2D eigenvalue weighted by Gasteiger charge is -2.18. The zero-order chi connectivity index (χ0) is 18.1. The second-order valence-corrected chi connectivity index (χ2v) is 8.68. The molecule has 0 aliphatic carbocycles. The number of hydrogen-bond donors (Lipinski definition) is 0. The predicted octanol–water partition coefficient (Wildman–Crippen LogP) is 3.78. The molecule has 0 fully saturated rings. The lowest BCUT2D eigenvalue weighted by Crippen LogP contribution is -2.13. The minimum Gasteiger partial charge on any atom is -0.309 e. The summed E-state index contributed by atoms with van der Waals surface area (Å²) in [5.41, 5.74) is 0. The standard InChI is InChI=1S/C15H24FO6PS/c1-3-20-23(17,21-4-2)13-14(16)9-8-12-22-24(18,19)15-10-6-5-7-11-15/h5-7,10-11,14H,3-4,8-9,12-13H2,1-2H3. The number of rotatable bonds is 12. The Kier molecular flexibility index (Phi) is 9.08. The first-order valence-corrected chi connectivity index (χ1v) is 10.9. The number of hydrogen-bond acceptors (Lipinski definition) is 6. The van der Waals surface area contributed by atoms with Crippen molar-refractivity contribution in [3.8, 4) is 0 Å². The molecule has 0 amide bonds. The van der Waals surface area contributed by atoms with Crippen molar-refractivity contribution < 1.29 is 30.6 Å². The molecule has 1 unspecified atom stereocenters. The molecule has 0 aromatic heterocycles. The summed E-state index contributed by atoms with van der Waals surface area (Å²) >= 11 is 0. The Morgan fingerprint density at radius 1 is 1.12 bits per heavy atom. The van der Waals surface area contributed by atoms with Crippen LogP contribution in [-0.2, 0) is 27.9 Å². The maximum Gasteiger partial charge on any atom is 0.333 e. The van der Waals surface area contributed by atoms with Crippen LogP contribution >= 0.6 is 7.60 Å². The highest BCUT2D eigenvalue weighted by Crippen LogP contribution is 2.49. The van der Waals surface area contributed by atoms with E-state index in [1.807, 2.05) is 0 Å². The van der Waals surface area contributed by atoms with Gasteiger partial charge in [0.05, 0.1) is 30.9 Å². The number of halogens is 1. The maximum absolute atomic E-state index is 14.0. The Labute approximate surface area is 143 Å². The van der Waals surface area contributed by atoms with Gasteiger partial charge in [-0.15, -0.1) is 0 Å². The Morgan fingerprint density at radius 3 is 2.25 bits per heavy atom. The van der Waals surface area contributed by atoms with Gasteiger partial charge < -0.3 is 9.05 Å². The molecule has 1 rings (SSSR count). The maximum atomic E-state index is 14.0. The molecule has 138 valence electrons. The fraction of sp³-hybridized carbons (Fsp3) is 0.600. The van der Waals surface area contributed by atoms with E-state index in [-0.39, 0.29) is 43.7 Å². The van der Waals surface area contributed by atoms with Crippen molar-refractivity contribution in [3.63, 3.8) is 0 Å². The molecule has 24 heavy (non-hydrogen) atoms. The second-order valence-electron chi connectivity index (χ2n) is 4.96. The fourth-order valence-electron chi connectivity index (χ4n) is 2.00. The van der Waals surface area contributed by atoms with Crippen LogP contribution in [0.25, 0.3) is 0 Å². The number of benzene rings is 1. The van der Waals surface area contributed by atoms with Crippen LogP contribution in [0.1, 0.15) is 26.7 Å². The molecule has 0 aliphatic heterocycles. The second kappa shape index (κ2) is 10.3. The molecule has 0 N–H and O–H groups in total. The summed E-state index contributed by atoms with van der Waals surface area (Å²) in [6.07, 6.45) is -1.59. The molecule has 1 aromatic rings. The van der Waals surface area contributed by atoms with Crippen LogP contribution in [0, 0.1) is 0 Å².